The van der Waals surface area contributed by atoms with Crippen LogP contribution >= 0.6 is 11.6 Å². The van der Waals surface area contributed by atoms with Crippen molar-refractivity contribution >= 4 is 23.2 Å². The van der Waals surface area contributed by atoms with Crippen molar-refractivity contribution in [3.8, 4) is 0 Å². The van der Waals surface area contributed by atoms with Gasteiger partial charge in [-0.1, -0.05) is 11.6 Å². The van der Waals surface area contributed by atoms with Crippen LogP contribution in [0.4, 0.5) is 5.69 Å². The maximum absolute atomic E-state index is 12.1. The van der Waals surface area contributed by atoms with Gasteiger partial charge in [-0.05, 0) is 30.7 Å². The second kappa shape index (κ2) is 5.16. The van der Waals surface area contributed by atoms with Gasteiger partial charge in [0.25, 0.3) is 0 Å². The zero-order valence-electron chi connectivity index (χ0n) is 10.7. The largest absolute Gasteiger partial charge is 0.356 e. The number of anilines is 1. The molecule has 0 saturated carbocycles. The van der Waals surface area contributed by atoms with Crippen molar-refractivity contribution in [3.05, 3.63) is 28.8 Å². The third-order valence-corrected chi connectivity index (χ3v) is 3.64. The molecule has 1 aliphatic rings. The standard InChI is InChI=1S/C13H18ClN3O/c1-9-7-10(14)3-4-11(9)17-6-5-16(2)13(18)12(17)8-15/h3-4,7,12H,5-6,8,15H2,1-2H3. The van der Waals surface area contributed by atoms with Crippen LogP contribution in [0.3, 0.4) is 0 Å². The minimum absolute atomic E-state index is 0.0816. The minimum Gasteiger partial charge on any atom is -0.356 e. The predicted octanol–water partition coefficient (Wildman–Crippen LogP) is 1.25. The van der Waals surface area contributed by atoms with Gasteiger partial charge in [0.05, 0.1) is 0 Å². The lowest BCUT2D eigenvalue weighted by molar-refractivity contribution is -0.132. The molecular weight excluding hydrogens is 250 g/mol. The summed E-state index contributed by atoms with van der Waals surface area (Å²) in [5.74, 6) is 0.0816. The molecule has 0 bridgehead atoms. The van der Waals surface area contributed by atoms with E-state index in [-0.39, 0.29) is 11.9 Å². The number of aryl methyl sites for hydroxylation is 1. The van der Waals surface area contributed by atoms with Gasteiger partial charge in [0.1, 0.15) is 6.04 Å². The summed E-state index contributed by atoms with van der Waals surface area (Å²) in [4.78, 5) is 15.9. The van der Waals surface area contributed by atoms with E-state index in [1.807, 2.05) is 32.2 Å². The second-order valence-corrected chi connectivity index (χ2v) is 5.07. The Morgan fingerprint density at radius 2 is 2.17 bits per heavy atom. The lowest BCUT2D eigenvalue weighted by Crippen LogP contribution is -2.58. The molecule has 2 N–H and O–H groups in total. The van der Waals surface area contributed by atoms with Crippen molar-refractivity contribution in [1.29, 1.82) is 0 Å². The zero-order valence-corrected chi connectivity index (χ0v) is 11.4. The summed E-state index contributed by atoms with van der Waals surface area (Å²) in [7, 11) is 1.82. The van der Waals surface area contributed by atoms with Gasteiger partial charge in [0.2, 0.25) is 5.91 Å². The monoisotopic (exact) mass is 267 g/mol. The normalized spacial score (nSPS) is 20.4. The van der Waals surface area contributed by atoms with Crippen molar-refractivity contribution in [1.82, 2.24) is 4.90 Å². The summed E-state index contributed by atoms with van der Waals surface area (Å²) in [5, 5.41) is 0.709. The first-order valence-electron chi connectivity index (χ1n) is 6.02. The lowest BCUT2D eigenvalue weighted by atomic mass is 10.1. The fourth-order valence-electron chi connectivity index (χ4n) is 2.37. The van der Waals surface area contributed by atoms with Crippen molar-refractivity contribution < 1.29 is 4.79 Å². The number of likely N-dealkylation sites (N-methyl/N-ethyl adjacent to an activating group) is 1. The topological polar surface area (TPSA) is 49.6 Å². The summed E-state index contributed by atoms with van der Waals surface area (Å²) >= 11 is 5.96. The molecule has 1 fully saturated rings. The molecule has 5 heteroatoms. The van der Waals surface area contributed by atoms with Gasteiger partial charge < -0.3 is 15.5 Å². The second-order valence-electron chi connectivity index (χ2n) is 4.64. The molecule has 1 aliphatic heterocycles. The Morgan fingerprint density at radius 1 is 1.44 bits per heavy atom. The Bertz CT molecular complexity index is 464. The number of piperazine rings is 1. The number of hydrogen-bond acceptors (Lipinski definition) is 3. The number of halogens is 1. The summed E-state index contributed by atoms with van der Waals surface area (Å²) < 4.78 is 0. The van der Waals surface area contributed by atoms with Crippen molar-refractivity contribution in [2.75, 3.05) is 31.6 Å². The Kier molecular flexibility index (Phi) is 3.78. The van der Waals surface area contributed by atoms with Crippen LogP contribution in [0.25, 0.3) is 0 Å². The van der Waals surface area contributed by atoms with E-state index in [0.29, 0.717) is 11.6 Å². The van der Waals surface area contributed by atoms with E-state index < -0.39 is 0 Å². The van der Waals surface area contributed by atoms with Gasteiger partial charge >= 0.3 is 0 Å². The van der Waals surface area contributed by atoms with E-state index in [2.05, 4.69) is 4.90 Å². The molecule has 2 rings (SSSR count). The maximum Gasteiger partial charge on any atom is 0.246 e. The number of benzene rings is 1. The first-order chi connectivity index (χ1) is 8.54. The van der Waals surface area contributed by atoms with Gasteiger partial charge in [-0.15, -0.1) is 0 Å². The first-order valence-corrected chi connectivity index (χ1v) is 6.40. The fourth-order valence-corrected chi connectivity index (χ4v) is 2.60. The van der Waals surface area contributed by atoms with Gasteiger partial charge in [0.15, 0.2) is 0 Å². The molecule has 1 aromatic rings. The highest BCUT2D eigenvalue weighted by Gasteiger charge is 2.32. The van der Waals surface area contributed by atoms with Gasteiger partial charge in [-0.2, -0.15) is 0 Å². The van der Waals surface area contributed by atoms with Gasteiger partial charge in [-0.25, -0.2) is 0 Å². The van der Waals surface area contributed by atoms with Crippen LogP contribution in [0.1, 0.15) is 5.56 Å². The number of hydrogen-bond donors (Lipinski definition) is 1. The average Bonchev–Trinajstić information content (AvgIpc) is 2.33. The summed E-state index contributed by atoms with van der Waals surface area (Å²) in [6.45, 7) is 3.84. The minimum atomic E-state index is -0.274. The Labute approximate surface area is 112 Å². The van der Waals surface area contributed by atoms with Gasteiger partial charge in [-0.3, -0.25) is 4.79 Å². The predicted molar refractivity (Wildman–Crippen MR) is 74.0 cm³/mol. The van der Waals surface area contributed by atoms with E-state index >= 15 is 0 Å². The highest BCUT2D eigenvalue weighted by atomic mass is 35.5. The van der Waals surface area contributed by atoms with E-state index in [0.717, 1.165) is 24.3 Å². The first kappa shape index (κ1) is 13.2. The lowest BCUT2D eigenvalue weighted by Gasteiger charge is -2.40. The molecule has 0 aromatic heterocycles. The number of carbonyl (C=O) groups excluding carboxylic acids is 1. The molecule has 98 valence electrons. The van der Waals surface area contributed by atoms with E-state index in [1.54, 1.807) is 4.90 Å². The Balaban J connectivity index is 2.34. The Hall–Kier alpha value is -1.26. The molecule has 1 atom stereocenters. The molecule has 1 aromatic carbocycles. The van der Waals surface area contributed by atoms with Crippen LogP contribution in [0.15, 0.2) is 18.2 Å². The number of carbonyl (C=O) groups is 1. The summed E-state index contributed by atoms with van der Waals surface area (Å²) in [6.07, 6.45) is 0. The number of rotatable bonds is 2. The van der Waals surface area contributed by atoms with Crippen LogP contribution in [0, 0.1) is 6.92 Å². The quantitative estimate of drug-likeness (QED) is 0.878. The summed E-state index contributed by atoms with van der Waals surface area (Å²) in [6, 6.07) is 5.44. The van der Waals surface area contributed by atoms with Crippen LogP contribution in [0.5, 0.6) is 0 Å². The number of amides is 1. The molecule has 1 amide bonds. The molecule has 1 heterocycles. The molecular formula is C13H18ClN3O. The van der Waals surface area contributed by atoms with Crippen LogP contribution in [-0.4, -0.2) is 43.5 Å². The third-order valence-electron chi connectivity index (χ3n) is 3.41. The van der Waals surface area contributed by atoms with E-state index in [4.69, 9.17) is 17.3 Å². The van der Waals surface area contributed by atoms with E-state index in [1.165, 1.54) is 0 Å². The van der Waals surface area contributed by atoms with Crippen molar-refractivity contribution in [3.63, 3.8) is 0 Å². The van der Waals surface area contributed by atoms with Crippen molar-refractivity contribution in [2.45, 2.75) is 13.0 Å². The maximum atomic E-state index is 12.1. The third kappa shape index (κ3) is 2.31. The molecule has 1 saturated heterocycles. The smallest absolute Gasteiger partial charge is 0.246 e. The zero-order chi connectivity index (χ0) is 13.3. The van der Waals surface area contributed by atoms with Crippen LogP contribution < -0.4 is 10.6 Å². The number of nitrogens with two attached hydrogens (primary N) is 1. The molecule has 0 radical (unpaired) electrons. The average molecular weight is 268 g/mol. The van der Waals surface area contributed by atoms with Crippen LogP contribution in [0.2, 0.25) is 5.02 Å². The van der Waals surface area contributed by atoms with E-state index in [9.17, 15) is 4.79 Å². The Morgan fingerprint density at radius 3 is 2.78 bits per heavy atom. The molecule has 0 spiro atoms. The van der Waals surface area contributed by atoms with Gasteiger partial charge in [0, 0.05) is 37.4 Å². The summed E-state index contributed by atoms with van der Waals surface area (Å²) in [5.41, 5.74) is 7.85. The molecule has 4 nitrogen and oxygen atoms in total. The fraction of sp³-hybridized carbons (Fsp3) is 0.462. The molecule has 0 aliphatic carbocycles. The number of nitrogens with zero attached hydrogens (tertiary/aromatic N) is 2. The highest BCUT2D eigenvalue weighted by Crippen LogP contribution is 2.26. The van der Waals surface area contributed by atoms with Crippen LogP contribution in [-0.2, 0) is 4.79 Å². The van der Waals surface area contributed by atoms with Crippen molar-refractivity contribution in [2.24, 2.45) is 5.73 Å². The highest BCUT2D eigenvalue weighted by molar-refractivity contribution is 6.30. The molecule has 18 heavy (non-hydrogen) atoms. The SMILES string of the molecule is Cc1cc(Cl)ccc1N1CCN(C)C(=O)C1CN. The molecule has 1 unspecified atom stereocenters.